The van der Waals surface area contributed by atoms with Crippen molar-refractivity contribution in [3.63, 3.8) is 0 Å². The lowest BCUT2D eigenvalue weighted by Crippen LogP contribution is -2.22. The maximum absolute atomic E-state index is 8.89. The van der Waals surface area contributed by atoms with Crippen molar-refractivity contribution in [2.75, 3.05) is 13.2 Å². The van der Waals surface area contributed by atoms with Crippen LogP contribution < -0.4 is 5.32 Å². The van der Waals surface area contributed by atoms with Crippen LogP contribution in [-0.2, 0) is 13.0 Å². The Kier molecular flexibility index (Phi) is 6.69. The van der Waals surface area contributed by atoms with E-state index in [2.05, 4.69) is 31.3 Å². The van der Waals surface area contributed by atoms with Crippen molar-refractivity contribution in [1.82, 2.24) is 5.32 Å². The zero-order chi connectivity index (χ0) is 11.8. The van der Waals surface area contributed by atoms with Crippen LogP contribution in [-0.4, -0.2) is 18.3 Å². The molecule has 2 N–H and O–H groups in total. The number of hydrogen-bond donors (Lipinski definition) is 2. The minimum atomic E-state index is 0.305. The molecule has 0 saturated carbocycles. The summed E-state index contributed by atoms with van der Waals surface area (Å²) in [6.07, 6.45) is 3.18. The van der Waals surface area contributed by atoms with Gasteiger partial charge in [-0.2, -0.15) is 0 Å². The van der Waals surface area contributed by atoms with Crippen LogP contribution in [0.25, 0.3) is 0 Å². The number of aryl methyl sites for hydroxylation is 1. The molecule has 0 aliphatic rings. The highest BCUT2D eigenvalue weighted by Gasteiger charge is 2.05. The first-order valence-electron chi connectivity index (χ1n) is 6.19. The maximum atomic E-state index is 8.89. The van der Waals surface area contributed by atoms with Crippen LogP contribution in [0.1, 0.15) is 36.4 Å². The maximum Gasteiger partial charge on any atom is 0.0434 e. The van der Waals surface area contributed by atoms with Gasteiger partial charge in [0.25, 0.3) is 0 Å². The molecule has 0 saturated heterocycles. The van der Waals surface area contributed by atoms with Crippen LogP contribution in [0.3, 0.4) is 0 Å². The van der Waals surface area contributed by atoms with Crippen LogP contribution >= 0.6 is 11.3 Å². The van der Waals surface area contributed by atoms with Crippen LogP contribution in [0.2, 0.25) is 0 Å². The summed E-state index contributed by atoms with van der Waals surface area (Å²) in [5, 5.41) is 12.4. The average Bonchev–Trinajstić information content (AvgIpc) is 2.76. The predicted octanol–water partition coefficient (Wildman–Crippen LogP) is 2.81. The van der Waals surface area contributed by atoms with Crippen LogP contribution in [0, 0.1) is 5.92 Å². The van der Waals surface area contributed by atoms with E-state index in [9.17, 15) is 0 Å². The minimum Gasteiger partial charge on any atom is -0.396 e. The van der Waals surface area contributed by atoms with E-state index >= 15 is 0 Å². The van der Waals surface area contributed by atoms with Gasteiger partial charge in [0.2, 0.25) is 0 Å². The van der Waals surface area contributed by atoms with Crippen molar-refractivity contribution >= 4 is 11.3 Å². The first kappa shape index (κ1) is 13.7. The molecular formula is C13H23NOS. The molecule has 0 aromatic carbocycles. The number of thiophene rings is 1. The van der Waals surface area contributed by atoms with E-state index in [0.717, 1.165) is 32.4 Å². The molecule has 0 fully saturated rings. The molecule has 16 heavy (non-hydrogen) atoms. The Bertz CT molecular complexity index is 285. The molecule has 92 valence electrons. The zero-order valence-corrected chi connectivity index (χ0v) is 11.1. The molecule has 1 unspecified atom stereocenters. The lowest BCUT2D eigenvalue weighted by Gasteiger charge is -2.13. The van der Waals surface area contributed by atoms with E-state index < -0.39 is 0 Å². The van der Waals surface area contributed by atoms with E-state index in [0.29, 0.717) is 12.5 Å². The van der Waals surface area contributed by atoms with Gasteiger partial charge in [-0.25, -0.2) is 0 Å². The summed E-state index contributed by atoms with van der Waals surface area (Å²) < 4.78 is 0. The largest absolute Gasteiger partial charge is 0.396 e. The summed E-state index contributed by atoms with van der Waals surface area (Å²) >= 11 is 1.89. The topological polar surface area (TPSA) is 32.3 Å². The Hall–Kier alpha value is -0.380. The van der Waals surface area contributed by atoms with Crippen molar-refractivity contribution in [2.45, 2.75) is 39.7 Å². The van der Waals surface area contributed by atoms with Crippen LogP contribution in [0.15, 0.2) is 12.1 Å². The van der Waals surface area contributed by atoms with Crippen LogP contribution in [0.4, 0.5) is 0 Å². The van der Waals surface area contributed by atoms with Crippen LogP contribution in [0.5, 0.6) is 0 Å². The van der Waals surface area contributed by atoms with E-state index in [1.54, 1.807) is 0 Å². The molecular weight excluding hydrogens is 218 g/mol. The fourth-order valence-corrected chi connectivity index (χ4v) is 2.67. The van der Waals surface area contributed by atoms with Crippen molar-refractivity contribution in [1.29, 1.82) is 0 Å². The molecule has 0 aliphatic heterocycles. The molecule has 1 aromatic rings. The molecule has 0 radical (unpaired) electrons. The molecule has 1 atom stereocenters. The second-order valence-corrected chi connectivity index (χ2v) is 5.39. The molecule has 3 heteroatoms. The normalized spacial score (nSPS) is 12.9. The fourth-order valence-electron chi connectivity index (χ4n) is 1.74. The number of hydrogen-bond acceptors (Lipinski definition) is 3. The number of aliphatic hydroxyl groups is 1. The first-order valence-corrected chi connectivity index (χ1v) is 7.00. The zero-order valence-electron chi connectivity index (χ0n) is 10.3. The van der Waals surface area contributed by atoms with Gasteiger partial charge in [0, 0.05) is 22.9 Å². The SMILES string of the molecule is CCc1ccc(CNCC(CC)CCO)s1. The molecule has 1 heterocycles. The van der Waals surface area contributed by atoms with Crippen molar-refractivity contribution in [3.05, 3.63) is 21.9 Å². The summed E-state index contributed by atoms with van der Waals surface area (Å²) in [5.74, 6) is 0.607. The molecule has 1 aromatic heterocycles. The third-order valence-electron chi connectivity index (χ3n) is 2.91. The lowest BCUT2D eigenvalue weighted by atomic mass is 10.0. The fraction of sp³-hybridized carbons (Fsp3) is 0.692. The number of aliphatic hydroxyl groups excluding tert-OH is 1. The Morgan fingerprint density at radius 1 is 1.31 bits per heavy atom. The van der Waals surface area contributed by atoms with Gasteiger partial charge in [0.1, 0.15) is 0 Å². The first-order chi connectivity index (χ1) is 7.80. The smallest absolute Gasteiger partial charge is 0.0434 e. The standard InChI is InChI=1S/C13H23NOS/c1-3-11(7-8-15)9-14-10-13-6-5-12(4-2)16-13/h5-6,11,14-15H,3-4,7-10H2,1-2H3. The van der Waals surface area contributed by atoms with Gasteiger partial charge in [0.05, 0.1) is 0 Å². The highest BCUT2D eigenvalue weighted by atomic mass is 32.1. The van der Waals surface area contributed by atoms with Crippen molar-refractivity contribution in [3.8, 4) is 0 Å². The third kappa shape index (κ3) is 4.64. The number of nitrogens with one attached hydrogen (secondary N) is 1. The molecule has 0 amide bonds. The molecule has 1 rings (SSSR count). The Balaban J connectivity index is 2.23. The highest BCUT2D eigenvalue weighted by Crippen LogP contribution is 2.16. The summed E-state index contributed by atoms with van der Waals surface area (Å²) in [4.78, 5) is 2.87. The Morgan fingerprint density at radius 3 is 2.62 bits per heavy atom. The monoisotopic (exact) mass is 241 g/mol. The van der Waals surface area contributed by atoms with Gasteiger partial charge in [-0.15, -0.1) is 11.3 Å². The molecule has 0 spiro atoms. The summed E-state index contributed by atoms with van der Waals surface area (Å²) in [5.41, 5.74) is 0. The van der Waals surface area contributed by atoms with Crippen molar-refractivity contribution < 1.29 is 5.11 Å². The van der Waals surface area contributed by atoms with Gasteiger partial charge in [0.15, 0.2) is 0 Å². The summed E-state index contributed by atoms with van der Waals surface area (Å²) in [7, 11) is 0. The second-order valence-electron chi connectivity index (χ2n) is 4.14. The van der Waals surface area contributed by atoms with E-state index in [-0.39, 0.29) is 0 Å². The number of rotatable bonds is 8. The van der Waals surface area contributed by atoms with E-state index in [1.807, 2.05) is 11.3 Å². The van der Waals surface area contributed by atoms with E-state index in [4.69, 9.17) is 5.11 Å². The van der Waals surface area contributed by atoms with Gasteiger partial charge < -0.3 is 10.4 Å². The summed E-state index contributed by atoms with van der Waals surface area (Å²) in [6.45, 7) is 6.65. The average molecular weight is 241 g/mol. The molecule has 0 aliphatic carbocycles. The van der Waals surface area contributed by atoms with Gasteiger partial charge in [-0.3, -0.25) is 0 Å². The predicted molar refractivity (Wildman–Crippen MR) is 70.9 cm³/mol. The van der Waals surface area contributed by atoms with Gasteiger partial charge >= 0.3 is 0 Å². The Labute approximate surface area is 103 Å². The van der Waals surface area contributed by atoms with Crippen molar-refractivity contribution in [2.24, 2.45) is 5.92 Å². The third-order valence-corrected chi connectivity index (χ3v) is 4.14. The highest BCUT2D eigenvalue weighted by molar-refractivity contribution is 7.11. The molecule has 0 bridgehead atoms. The summed E-state index contributed by atoms with van der Waals surface area (Å²) in [6, 6.07) is 4.43. The van der Waals surface area contributed by atoms with E-state index in [1.165, 1.54) is 9.75 Å². The minimum absolute atomic E-state index is 0.305. The molecule has 2 nitrogen and oxygen atoms in total. The second kappa shape index (κ2) is 7.82. The Morgan fingerprint density at radius 2 is 2.06 bits per heavy atom. The quantitative estimate of drug-likeness (QED) is 0.733. The van der Waals surface area contributed by atoms with Gasteiger partial charge in [-0.05, 0) is 37.4 Å². The van der Waals surface area contributed by atoms with Gasteiger partial charge in [-0.1, -0.05) is 20.3 Å². The lowest BCUT2D eigenvalue weighted by molar-refractivity contribution is 0.251.